The summed E-state index contributed by atoms with van der Waals surface area (Å²) in [6, 6.07) is 5.73. The normalized spacial score (nSPS) is 19.3. The maximum absolute atomic E-state index is 13.1. The van der Waals surface area contributed by atoms with Gasteiger partial charge in [-0.05, 0) is 57.6 Å². The first-order chi connectivity index (χ1) is 16.1. The molecule has 0 spiro atoms. The number of carbonyl (C=O) groups is 2. The van der Waals surface area contributed by atoms with E-state index in [4.69, 9.17) is 5.73 Å². The van der Waals surface area contributed by atoms with Gasteiger partial charge in [-0.25, -0.2) is 9.97 Å². The first-order valence-corrected chi connectivity index (χ1v) is 10.7. The van der Waals surface area contributed by atoms with E-state index in [1.54, 1.807) is 23.1 Å². The molecule has 9 nitrogen and oxygen atoms in total. The van der Waals surface area contributed by atoms with E-state index in [1.165, 1.54) is 0 Å². The lowest BCUT2D eigenvalue weighted by atomic mass is 10.1. The van der Waals surface area contributed by atoms with Crippen LogP contribution in [0.15, 0.2) is 36.3 Å². The first kappa shape index (κ1) is 23.5. The average Bonchev–Trinajstić information content (AvgIpc) is 3.39. The number of carbonyl (C=O) groups excluding carboxylic acids is 2. The van der Waals surface area contributed by atoms with Gasteiger partial charge in [-0.2, -0.15) is 13.2 Å². The van der Waals surface area contributed by atoms with E-state index in [0.29, 0.717) is 29.7 Å². The van der Waals surface area contributed by atoms with Gasteiger partial charge in [-0.15, -0.1) is 0 Å². The Morgan fingerprint density at radius 2 is 1.97 bits per heavy atom. The lowest BCUT2D eigenvalue weighted by Gasteiger charge is -2.28. The first-order valence-electron chi connectivity index (χ1n) is 10.7. The number of benzene rings is 1. The predicted octanol–water partition coefficient (Wildman–Crippen LogP) is 2.63. The highest BCUT2D eigenvalue weighted by molar-refractivity contribution is 6.20. The molecule has 0 unspecified atom stereocenters. The van der Waals surface area contributed by atoms with Crippen molar-refractivity contribution in [1.82, 2.24) is 14.9 Å². The summed E-state index contributed by atoms with van der Waals surface area (Å²) < 4.78 is 39.3. The molecule has 1 aromatic heterocycles. The van der Waals surface area contributed by atoms with Crippen molar-refractivity contribution in [1.29, 1.82) is 0 Å². The second-order valence-corrected chi connectivity index (χ2v) is 8.08. The summed E-state index contributed by atoms with van der Waals surface area (Å²) in [6.07, 6.45) is -2.03. The highest BCUT2D eigenvalue weighted by Gasteiger charge is 2.35. The zero-order valence-corrected chi connectivity index (χ0v) is 18.6. The van der Waals surface area contributed by atoms with Crippen molar-refractivity contribution >= 4 is 34.4 Å². The minimum atomic E-state index is -4.71. The number of hydrogen-bond acceptors (Lipinski definition) is 7. The number of likely N-dealkylation sites (tertiary alicyclic amines) is 1. The maximum Gasteiger partial charge on any atom is 0.433 e. The molecular formula is C22H24F3N7O2. The fraction of sp³-hybridized carbons (Fsp3) is 0.364. The smallest absolute Gasteiger partial charge is 0.365 e. The number of nitrogens with zero attached hydrogens (tertiary/aromatic N) is 4. The van der Waals surface area contributed by atoms with Crippen LogP contribution in [-0.2, 0) is 15.8 Å². The summed E-state index contributed by atoms with van der Waals surface area (Å²) in [5.74, 6) is -1.40. The third-order valence-corrected chi connectivity index (χ3v) is 5.89. The van der Waals surface area contributed by atoms with Crippen molar-refractivity contribution in [2.45, 2.75) is 32.0 Å². The van der Waals surface area contributed by atoms with Crippen LogP contribution in [0.25, 0.3) is 5.57 Å². The lowest BCUT2D eigenvalue weighted by molar-refractivity contribution is -0.141. The van der Waals surface area contributed by atoms with Gasteiger partial charge in [0, 0.05) is 18.4 Å². The van der Waals surface area contributed by atoms with Crippen LogP contribution >= 0.6 is 0 Å². The monoisotopic (exact) mass is 475 g/mol. The number of rotatable bonds is 5. The molecule has 0 saturated carbocycles. The maximum atomic E-state index is 13.1. The van der Waals surface area contributed by atoms with Gasteiger partial charge in [0.1, 0.15) is 17.1 Å². The Morgan fingerprint density at radius 3 is 2.59 bits per heavy atom. The zero-order valence-electron chi connectivity index (χ0n) is 18.6. The molecule has 1 saturated heterocycles. The summed E-state index contributed by atoms with van der Waals surface area (Å²) in [5.41, 5.74) is 5.70. The molecule has 1 fully saturated rings. The second kappa shape index (κ2) is 8.93. The SMILES string of the molecule is CCN(C(=O)[C@H]1CCCN1C)c1ccc2c(c1)N/C(=C(/C(N)=O)c1nccc(C(F)(F)F)n1)N2. The number of nitrogens with one attached hydrogen (secondary N) is 2. The molecule has 2 aliphatic rings. The highest BCUT2D eigenvalue weighted by atomic mass is 19.4. The molecule has 2 aromatic rings. The third-order valence-electron chi connectivity index (χ3n) is 5.89. The fourth-order valence-electron chi connectivity index (χ4n) is 4.19. The van der Waals surface area contributed by atoms with Crippen LogP contribution in [0.3, 0.4) is 0 Å². The van der Waals surface area contributed by atoms with Crippen LogP contribution in [0.2, 0.25) is 0 Å². The number of alkyl halides is 3. The van der Waals surface area contributed by atoms with Gasteiger partial charge in [0.25, 0.3) is 5.91 Å². The Bertz CT molecular complexity index is 1170. The third kappa shape index (κ3) is 4.40. The lowest BCUT2D eigenvalue weighted by Crippen LogP contribution is -2.44. The number of fused-ring (bicyclic) bond motifs is 1. The van der Waals surface area contributed by atoms with Crippen LogP contribution in [0.4, 0.5) is 30.2 Å². The minimum Gasteiger partial charge on any atom is -0.365 e. The standard InChI is InChI=1S/C22H24F3N7O2/c1-3-32(21(34)15-5-4-10-31(15)2)12-6-7-13-14(11-12)29-20(28-13)17(18(26)33)19-27-9-8-16(30-19)22(23,24)25/h6-9,11,15,28-29H,3-5,10H2,1-2H3,(H2,26,33)/b20-17-/t15-/m1/s1. The topological polar surface area (TPSA) is 116 Å². The quantitative estimate of drug-likeness (QED) is 0.570. The second-order valence-electron chi connectivity index (χ2n) is 8.08. The van der Waals surface area contributed by atoms with E-state index < -0.39 is 23.6 Å². The van der Waals surface area contributed by atoms with E-state index in [9.17, 15) is 22.8 Å². The predicted molar refractivity (Wildman–Crippen MR) is 121 cm³/mol. The van der Waals surface area contributed by atoms with Gasteiger partial charge in [-0.3, -0.25) is 14.5 Å². The minimum absolute atomic E-state index is 0.000590. The molecule has 1 atom stereocenters. The van der Waals surface area contributed by atoms with E-state index in [0.717, 1.165) is 25.6 Å². The van der Waals surface area contributed by atoms with E-state index >= 15 is 0 Å². The van der Waals surface area contributed by atoms with Crippen LogP contribution in [0, 0.1) is 0 Å². The highest BCUT2D eigenvalue weighted by Crippen LogP contribution is 2.37. The summed E-state index contributed by atoms with van der Waals surface area (Å²) in [6.45, 7) is 3.21. The molecule has 180 valence electrons. The van der Waals surface area contributed by atoms with Crippen LogP contribution in [0.5, 0.6) is 0 Å². The number of aromatic nitrogens is 2. The van der Waals surface area contributed by atoms with Crippen LogP contribution in [0.1, 0.15) is 31.3 Å². The van der Waals surface area contributed by atoms with Gasteiger partial charge in [0.05, 0.1) is 17.4 Å². The number of hydrogen-bond donors (Lipinski definition) is 3. The van der Waals surface area contributed by atoms with Crippen LogP contribution < -0.4 is 21.3 Å². The average molecular weight is 475 g/mol. The van der Waals surface area contributed by atoms with Crippen molar-refractivity contribution in [2.75, 3.05) is 35.7 Å². The summed E-state index contributed by atoms with van der Waals surface area (Å²) in [5, 5.41) is 5.91. The molecule has 34 heavy (non-hydrogen) atoms. The molecule has 0 bridgehead atoms. The Labute approximate surface area is 193 Å². The van der Waals surface area contributed by atoms with E-state index in [2.05, 4.69) is 20.6 Å². The van der Waals surface area contributed by atoms with Gasteiger partial charge >= 0.3 is 6.18 Å². The molecule has 0 radical (unpaired) electrons. The largest absolute Gasteiger partial charge is 0.433 e. The van der Waals surface area contributed by atoms with Gasteiger partial charge in [0.2, 0.25) is 5.91 Å². The van der Waals surface area contributed by atoms with Crippen molar-refractivity contribution in [3.05, 3.63) is 47.8 Å². The van der Waals surface area contributed by atoms with Gasteiger partial charge < -0.3 is 21.3 Å². The number of halogens is 3. The number of nitrogens with two attached hydrogens (primary N) is 1. The fourth-order valence-corrected chi connectivity index (χ4v) is 4.19. The molecule has 4 N–H and O–H groups in total. The van der Waals surface area contributed by atoms with Crippen molar-refractivity contribution in [3.8, 4) is 0 Å². The Kier molecular flexibility index (Phi) is 6.17. The molecule has 1 aromatic carbocycles. The Hall–Kier alpha value is -3.67. The van der Waals surface area contributed by atoms with Crippen molar-refractivity contribution in [2.24, 2.45) is 5.73 Å². The Morgan fingerprint density at radius 1 is 1.24 bits per heavy atom. The van der Waals surface area contributed by atoms with Gasteiger partial charge in [0.15, 0.2) is 5.82 Å². The van der Waals surface area contributed by atoms with Gasteiger partial charge in [-0.1, -0.05) is 0 Å². The Balaban J connectivity index is 1.66. The molecule has 3 heterocycles. The van der Waals surface area contributed by atoms with Crippen molar-refractivity contribution < 1.29 is 22.8 Å². The molecule has 4 rings (SSSR count). The number of primary amides is 1. The molecular weight excluding hydrogens is 451 g/mol. The van der Waals surface area contributed by atoms with E-state index in [1.807, 2.05) is 18.9 Å². The number of anilines is 3. The summed E-state index contributed by atoms with van der Waals surface area (Å²) >= 11 is 0. The molecule has 2 amide bonds. The molecule has 2 aliphatic heterocycles. The zero-order chi connectivity index (χ0) is 24.6. The summed E-state index contributed by atoms with van der Waals surface area (Å²) in [4.78, 5) is 36.3. The van der Waals surface area contributed by atoms with Crippen LogP contribution in [-0.4, -0.2) is 52.9 Å². The number of amides is 2. The molecule has 12 heteroatoms. The van der Waals surface area contributed by atoms with E-state index in [-0.39, 0.29) is 23.3 Å². The number of likely N-dealkylation sites (N-methyl/N-ethyl adjacent to an activating group) is 2. The molecule has 0 aliphatic carbocycles. The summed E-state index contributed by atoms with van der Waals surface area (Å²) in [7, 11) is 1.93. The van der Waals surface area contributed by atoms with Crippen molar-refractivity contribution in [3.63, 3.8) is 0 Å².